The first-order valence-electron chi connectivity index (χ1n) is 10.4. The first kappa shape index (κ1) is 22.6. The van der Waals surface area contributed by atoms with Crippen LogP contribution in [0.25, 0.3) is 0 Å². The molecule has 0 saturated carbocycles. The van der Waals surface area contributed by atoms with Gasteiger partial charge in [-0.15, -0.1) is 0 Å². The molecule has 1 aromatic carbocycles. The van der Waals surface area contributed by atoms with Crippen molar-refractivity contribution in [3.05, 3.63) is 35.9 Å². The van der Waals surface area contributed by atoms with E-state index in [1.807, 2.05) is 58.0 Å². The molecule has 2 aliphatic heterocycles. The minimum Gasteiger partial charge on any atom is -0.394 e. The van der Waals surface area contributed by atoms with Crippen molar-refractivity contribution in [1.82, 2.24) is 0 Å². The van der Waals surface area contributed by atoms with Gasteiger partial charge in [0.2, 0.25) is 0 Å². The standard InChI is InChI=1S/C22H34O7/c1-5-22(4)28-17(11-23)18(29-22)13-25-15-20-19(26-21(2,3)27-20)14-24-12-16-9-7-6-8-10-16/h6-10,17-20,23H,5,11-15H2,1-4H3. The lowest BCUT2D eigenvalue weighted by Crippen LogP contribution is -2.35. The lowest BCUT2D eigenvalue weighted by molar-refractivity contribution is -0.170. The molecule has 29 heavy (non-hydrogen) atoms. The zero-order chi connectivity index (χ0) is 20.9. The largest absolute Gasteiger partial charge is 0.394 e. The topological polar surface area (TPSA) is 75.6 Å². The summed E-state index contributed by atoms with van der Waals surface area (Å²) in [5.74, 6) is -1.36. The molecule has 7 nitrogen and oxygen atoms in total. The summed E-state index contributed by atoms with van der Waals surface area (Å²) in [4.78, 5) is 0. The van der Waals surface area contributed by atoms with Crippen molar-refractivity contribution >= 4 is 0 Å². The molecule has 2 saturated heterocycles. The number of aliphatic hydroxyl groups is 1. The summed E-state index contributed by atoms with van der Waals surface area (Å²) in [5, 5.41) is 9.56. The lowest BCUT2D eigenvalue weighted by atomic mass is 10.2. The van der Waals surface area contributed by atoms with Crippen LogP contribution in [-0.4, -0.2) is 67.5 Å². The van der Waals surface area contributed by atoms with Crippen molar-refractivity contribution in [3.8, 4) is 0 Å². The first-order valence-corrected chi connectivity index (χ1v) is 10.4. The normalized spacial score (nSPS) is 34.0. The Morgan fingerprint density at radius 2 is 1.38 bits per heavy atom. The Hall–Kier alpha value is -1.06. The van der Waals surface area contributed by atoms with Gasteiger partial charge in [-0.05, 0) is 32.8 Å². The predicted molar refractivity (Wildman–Crippen MR) is 106 cm³/mol. The fourth-order valence-electron chi connectivity index (χ4n) is 3.64. The summed E-state index contributed by atoms with van der Waals surface area (Å²) in [6.45, 7) is 9.16. The molecule has 0 amide bonds. The van der Waals surface area contributed by atoms with Crippen molar-refractivity contribution in [3.63, 3.8) is 0 Å². The molecule has 5 unspecified atom stereocenters. The second-order valence-electron chi connectivity index (χ2n) is 8.23. The molecule has 3 rings (SSSR count). The highest BCUT2D eigenvalue weighted by Crippen LogP contribution is 2.32. The van der Waals surface area contributed by atoms with E-state index in [0.29, 0.717) is 32.8 Å². The zero-order valence-corrected chi connectivity index (χ0v) is 17.8. The number of benzene rings is 1. The summed E-state index contributed by atoms with van der Waals surface area (Å²) in [5.41, 5.74) is 1.12. The van der Waals surface area contributed by atoms with Crippen molar-refractivity contribution in [2.45, 2.75) is 76.7 Å². The van der Waals surface area contributed by atoms with Crippen LogP contribution in [0.2, 0.25) is 0 Å². The molecule has 1 N–H and O–H groups in total. The minimum absolute atomic E-state index is 0.102. The Morgan fingerprint density at radius 1 is 0.828 bits per heavy atom. The first-order chi connectivity index (χ1) is 13.8. The Balaban J connectivity index is 1.46. The molecule has 0 radical (unpaired) electrons. The molecule has 164 valence electrons. The smallest absolute Gasteiger partial charge is 0.166 e. The molecule has 2 heterocycles. The average Bonchev–Trinajstić information content (AvgIpc) is 3.18. The molecule has 2 aliphatic rings. The van der Waals surface area contributed by atoms with Gasteiger partial charge in [0.05, 0.1) is 33.0 Å². The highest BCUT2D eigenvalue weighted by atomic mass is 16.8. The minimum atomic E-state index is -0.684. The van der Waals surface area contributed by atoms with Crippen molar-refractivity contribution in [2.75, 3.05) is 26.4 Å². The van der Waals surface area contributed by atoms with Crippen LogP contribution in [0.5, 0.6) is 0 Å². The molecule has 0 bridgehead atoms. The van der Waals surface area contributed by atoms with E-state index in [1.54, 1.807) is 0 Å². The van der Waals surface area contributed by atoms with Crippen LogP contribution in [0.1, 0.15) is 39.7 Å². The van der Waals surface area contributed by atoms with Gasteiger partial charge in [-0.2, -0.15) is 0 Å². The summed E-state index contributed by atoms with van der Waals surface area (Å²) < 4.78 is 35.5. The van der Waals surface area contributed by atoms with E-state index in [9.17, 15) is 5.11 Å². The molecule has 5 atom stereocenters. The van der Waals surface area contributed by atoms with Crippen LogP contribution in [0.4, 0.5) is 0 Å². The third-order valence-electron chi connectivity index (χ3n) is 5.28. The quantitative estimate of drug-likeness (QED) is 0.635. The van der Waals surface area contributed by atoms with E-state index in [0.717, 1.165) is 5.56 Å². The van der Waals surface area contributed by atoms with Crippen LogP contribution in [0, 0.1) is 0 Å². The predicted octanol–water partition coefficient (Wildman–Crippen LogP) is 2.64. The zero-order valence-electron chi connectivity index (χ0n) is 17.8. The van der Waals surface area contributed by atoms with Gasteiger partial charge >= 0.3 is 0 Å². The van der Waals surface area contributed by atoms with E-state index in [1.165, 1.54) is 0 Å². The Kier molecular flexibility index (Phi) is 7.67. The van der Waals surface area contributed by atoms with Gasteiger partial charge in [0.1, 0.15) is 24.4 Å². The molecule has 0 aliphatic carbocycles. The van der Waals surface area contributed by atoms with Crippen molar-refractivity contribution < 1.29 is 33.5 Å². The number of aliphatic hydroxyl groups excluding tert-OH is 1. The van der Waals surface area contributed by atoms with Gasteiger partial charge in [-0.3, -0.25) is 0 Å². The van der Waals surface area contributed by atoms with Gasteiger partial charge in [0.25, 0.3) is 0 Å². The van der Waals surface area contributed by atoms with Crippen molar-refractivity contribution in [1.29, 1.82) is 0 Å². The molecular weight excluding hydrogens is 376 g/mol. The van der Waals surface area contributed by atoms with E-state index in [-0.39, 0.29) is 31.0 Å². The van der Waals surface area contributed by atoms with Crippen LogP contribution in [0.15, 0.2) is 30.3 Å². The summed E-state index contributed by atoms with van der Waals surface area (Å²) in [6, 6.07) is 10.0. The maximum absolute atomic E-state index is 9.56. The van der Waals surface area contributed by atoms with Gasteiger partial charge in [0, 0.05) is 0 Å². The Bertz CT molecular complexity index is 623. The van der Waals surface area contributed by atoms with Crippen molar-refractivity contribution in [2.24, 2.45) is 0 Å². The highest BCUT2D eigenvalue weighted by Gasteiger charge is 2.44. The van der Waals surface area contributed by atoms with Gasteiger partial charge in [-0.25, -0.2) is 0 Å². The van der Waals surface area contributed by atoms with Crippen LogP contribution in [0.3, 0.4) is 0 Å². The summed E-state index contributed by atoms with van der Waals surface area (Å²) in [7, 11) is 0. The molecule has 1 aromatic rings. The van der Waals surface area contributed by atoms with Crippen LogP contribution < -0.4 is 0 Å². The van der Waals surface area contributed by atoms with Crippen LogP contribution in [-0.2, 0) is 35.0 Å². The Labute approximate surface area is 173 Å². The number of rotatable bonds is 10. The monoisotopic (exact) mass is 410 g/mol. The van der Waals surface area contributed by atoms with Gasteiger partial charge < -0.3 is 33.5 Å². The lowest BCUT2D eigenvalue weighted by Gasteiger charge is -2.21. The molecule has 7 heteroatoms. The van der Waals surface area contributed by atoms with Gasteiger partial charge in [0.15, 0.2) is 11.6 Å². The average molecular weight is 411 g/mol. The second kappa shape index (κ2) is 9.83. The van der Waals surface area contributed by atoms with Crippen LogP contribution >= 0.6 is 0 Å². The van der Waals surface area contributed by atoms with E-state index in [2.05, 4.69) is 0 Å². The second-order valence-corrected chi connectivity index (χ2v) is 8.23. The SMILES string of the molecule is CCC1(C)OC(CO)C(COCC2OC(C)(C)OC2COCc2ccccc2)O1. The highest BCUT2D eigenvalue weighted by molar-refractivity contribution is 5.13. The number of hydrogen-bond acceptors (Lipinski definition) is 7. The molecule has 0 spiro atoms. The molecular formula is C22H34O7. The maximum Gasteiger partial charge on any atom is 0.166 e. The Morgan fingerprint density at radius 3 is 1.97 bits per heavy atom. The maximum atomic E-state index is 9.56. The molecule has 0 aromatic heterocycles. The molecule has 2 fully saturated rings. The third kappa shape index (κ3) is 6.21. The summed E-state index contributed by atoms with van der Waals surface area (Å²) in [6.07, 6.45) is -0.457. The van der Waals surface area contributed by atoms with E-state index < -0.39 is 11.6 Å². The van der Waals surface area contributed by atoms with E-state index in [4.69, 9.17) is 28.4 Å². The van der Waals surface area contributed by atoms with E-state index >= 15 is 0 Å². The summed E-state index contributed by atoms with van der Waals surface area (Å²) >= 11 is 0. The third-order valence-corrected chi connectivity index (χ3v) is 5.28. The van der Waals surface area contributed by atoms with Gasteiger partial charge in [-0.1, -0.05) is 37.3 Å². The fraction of sp³-hybridized carbons (Fsp3) is 0.727. The number of ether oxygens (including phenoxy) is 6. The fourth-order valence-corrected chi connectivity index (χ4v) is 3.64. The number of hydrogen-bond donors (Lipinski definition) is 1.